The molecule has 0 bridgehead atoms. The number of ether oxygens (including phenoxy) is 1. The fraction of sp³-hybridized carbons (Fsp3) is 0.542. The minimum Gasteiger partial charge on any atom is -0.413 e. The number of esters is 2. The van der Waals surface area contributed by atoms with Gasteiger partial charge in [-0.05, 0) is 37.2 Å². The zero-order chi connectivity index (χ0) is 31.5. The molecular formula is C24H29F3N2O10SSi. The van der Waals surface area contributed by atoms with Gasteiger partial charge in [-0.25, -0.2) is 9.59 Å². The third-order valence-corrected chi connectivity index (χ3v) is 13.1. The normalized spacial score (nSPS) is 22.1. The fourth-order valence-electron chi connectivity index (χ4n) is 4.40. The van der Waals surface area contributed by atoms with Gasteiger partial charge in [0.25, 0.3) is 5.69 Å². The van der Waals surface area contributed by atoms with Gasteiger partial charge in [-0.15, -0.1) is 0 Å². The summed E-state index contributed by atoms with van der Waals surface area (Å²) in [6.07, 6.45) is -0.760. The summed E-state index contributed by atoms with van der Waals surface area (Å²) in [6.45, 7) is 12.6. The highest BCUT2D eigenvalue weighted by atomic mass is 32.2. The average molecular weight is 623 g/mol. The van der Waals surface area contributed by atoms with Crippen molar-refractivity contribution in [2.45, 2.75) is 70.4 Å². The van der Waals surface area contributed by atoms with Crippen LogP contribution in [0.3, 0.4) is 0 Å². The minimum atomic E-state index is -6.27. The molecule has 2 heterocycles. The molecule has 0 saturated carbocycles. The van der Waals surface area contributed by atoms with E-state index in [1.807, 2.05) is 33.9 Å². The lowest BCUT2D eigenvalue weighted by Crippen LogP contribution is -2.65. The predicted molar refractivity (Wildman–Crippen MR) is 138 cm³/mol. The first-order valence-electron chi connectivity index (χ1n) is 12.3. The lowest BCUT2D eigenvalue weighted by atomic mass is 9.79. The number of carbonyl (C=O) groups excluding carboxylic acids is 3. The third kappa shape index (κ3) is 5.87. The van der Waals surface area contributed by atoms with E-state index in [4.69, 9.17) is 9.16 Å². The number of benzene rings is 1. The van der Waals surface area contributed by atoms with Gasteiger partial charge in [0, 0.05) is 18.1 Å². The molecule has 0 N–H and O–H groups in total. The molecule has 0 spiro atoms. The molecule has 2 aliphatic rings. The van der Waals surface area contributed by atoms with Crippen LogP contribution < -0.4 is 0 Å². The Hall–Kier alpha value is -3.31. The van der Waals surface area contributed by atoms with Crippen LogP contribution in [0.2, 0.25) is 18.1 Å². The average Bonchev–Trinajstić information content (AvgIpc) is 3.05. The summed E-state index contributed by atoms with van der Waals surface area (Å²) in [7, 11) is -8.71. The maximum atomic E-state index is 13.3. The number of hydrogen-bond donors (Lipinski definition) is 0. The number of alkyl halides is 3. The van der Waals surface area contributed by atoms with Gasteiger partial charge in [-0.1, -0.05) is 27.7 Å². The van der Waals surface area contributed by atoms with Gasteiger partial charge in [0.15, 0.2) is 19.8 Å². The second kappa shape index (κ2) is 10.5. The SMILES string of the molecule is C[C@@H](O[Si](C)(C)C(C)(C)C)[C@H]1C(=O)N2C(C(=O)OC(=O)c3ccc([N+](=O)[O-])cc3)=C(OS(=O)(=O)C(F)(F)F)[C@H](C)[C@H]12. The van der Waals surface area contributed by atoms with Crippen LogP contribution in [0, 0.1) is 22.0 Å². The Labute approximate surface area is 234 Å². The van der Waals surface area contributed by atoms with Crippen LogP contribution in [0.4, 0.5) is 18.9 Å². The summed E-state index contributed by atoms with van der Waals surface area (Å²) < 4.78 is 78.8. The molecular weight excluding hydrogens is 593 g/mol. The van der Waals surface area contributed by atoms with Crippen LogP contribution in [0.1, 0.15) is 45.0 Å². The number of non-ortho nitro benzene ring substituents is 1. The minimum absolute atomic E-state index is 0.254. The van der Waals surface area contributed by atoms with Crippen molar-refractivity contribution in [3.8, 4) is 0 Å². The molecule has 1 aromatic rings. The number of nitrogens with zero attached hydrogens (tertiary/aromatic N) is 2. The van der Waals surface area contributed by atoms with Crippen LogP contribution >= 0.6 is 0 Å². The Bertz CT molecular complexity index is 1420. The van der Waals surface area contributed by atoms with Gasteiger partial charge >= 0.3 is 27.6 Å². The Morgan fingerprint density at radius 3 is 2.10 bits per heavy atom. The van der Waals surface area contributed by atoms with Crippen molar-refractivity contribution in [2.75, 3.05) is 0 Å². The molecule has 1 saturated heterocycles. The lowest BCUT2D eigenvalue weighted by molar-refractivity contribution is -0.384. The first-order valence-corrected chi connectivity index (χ1v) is 16.6. The molecule has 0 radical (unpaired) electrons. The number of halogens is 3. The predicted octanol–water partition coefficient (Wildman–Crippen LogP) is 4.24. The smallest absolute Gasteiger partial charge is 0.413 e. The van der Waals surface area contributed by atoms with E-state index in [2.05, 4.69) is 4.18 Å². The van der Waals surface area contributed by atoms with Crippen molar-refractivity contribution in [3.63, 3.8) is 0 Å². The van der Waals surface area contributed by atoms with Gasteiger partial charge in [-0.2, -0.15) is 21.6 Å². The Kier molecular flexibility index (Phi) is 8.25. The molecule has 0 unspecified atom stereocenters. The van der Waals surface area contributed by atoms with E-state index in [0.717, 1.165) is 29.2 Å². The van der Waals surface area contributed by atoms with Crippen molar-refractivity contribution >= 4 is 42.0 Å². The summed E-state index contributed by atoms with van der Waals surface area (Å²) in [6, 6.07) is 2.81. The zero-order valence-electron chi connectivity index (χ0n) is 23.1. The third-order valence-electron chi connectivity index (χ3n) is 7.56. The molecule has 12 nitrogen and oxygen atoms in total. The van der Waals surface area contributed by atoms with Crippen molar-refractivity contribution < 1.29 is 54.2 Å². The topological polar surface area (TPSA) is 159 Å². The van der Waals surface area contributed by atoms with Gasteiger partial charge in [0.05, 0.1) is 28.6 Å². The second-order valence-corrected chi connectivity index (χ2v) is 17.6. The van der Waals surface area contributed by atoms with E-state index in [1.54, 1.807) is 6.92 Å². The summed E-state index contributed by atoms with van der Waals surface area (Å²) in [5.41, 5.74) is -7.53. The van der Waals surface area contributed by atoms with Crippen LogP contribution in [0.15, 0.2) is 35.7 Å². The lowest BCUT2D eigenvalue weighted by Gasteiger charge is -2.49. The van der Waals surface area contributed by atoms with Crippen LogP contribution in [0.5, 0.6) is 0 Å². The monoisotopic (exact) mass is 622 g/mol. The van der Waals surface area contributed by atoms with Crippen molar-refractivity contribution in [2.24, 2.45) is 11.8 Å². The fourth-order valence-corrected chi connectivity index (χ4v) is 6.39. The number of hydrogen-bond acceptors (Lipinski definition) is 10. The highest BCUT2D eigenvalue weighted by Crippen LogP contribution is 2.50. The van der Waals surface area contributed by atoms with Crippen molar-refractivity contribution in [3.05, 3.63) is 51.4 Å². The molecule has 1 fully saturated rings. The van der Waals surface area contributed by atoms with E-state index in [9.17, 15) is 46.1 Å². The largest absolute Gasteiger partial charge is 0.534 e. The molecule has 1 aromatic carbocycles. The van der Waals surface area contributed by atoms with Crippen molar-refractivity contribution in [1.82, 2.24) is 4.90 Å². The Morgan fingerprint density at radius 2 is 1.63 bits per heavy atom. The maximum Gasteiger partial charge on any atom is 0.534 e. The van der Waals surface area contributed by atoms with Crippen LogP contribution in [0.25, 0.3) is 0 Å². The van der Waals surface area contributed by atoms with E-state index in [1.165, 1.54) is 6.92 Å². The standard InChI is InChI=1S/C24H29F3N2O10SSi/c1-12-17-16(13(2)39-41(6,7)23(3,4)5)20(30)28(17)18(19(12)38-40(35,36)24(25,26)27)22(32)37-21(31)14-8-10-15(11-9-14)29(33)34/h8-13,16-17H,1-7H3/t12-,13-,16-,17-/m1/s1. The molecule has 17 heteroatoms. The van der Waals surface area contributed by atoms with E-state index in [0.29, 0.717) is 0 Å². The van der Waals surface area contributed by atoms with E-state index in [-0.39, 0.29) is 16.3 Å². The molecule has 226 valence electrons. The number of carbonyl (C=O) groups is 3. The number of nitro benzene ring substituents is 1. The molecule has 0 aliphatic carbocycles. The molecule has 2 aliphatic heterocycles. The van der Waals surface area contributed by atoms with Gasteiger partial charge < -0.3 is 13.3 Å². The Balaban J connectivity index is 1.97. The first-order chi connectivity index (χ1) is 18.5. The molecule has 0 aromatic heterocycles. The summed E-state index contributed by atoms with van der Waals surface area (Å²) >= 11 is 0. The summed E-state index contributed by atoms with van der Waals surface area (Å²) in [4.78, 5) is 49.8. The summed E-state index contributed by atoms with van der Waals surface area (Å²) in [5.74, 6) is -6.97. The first kappa shape index (κ1) is 32.2. The number of nitro groups is 1. The zero-order valence-corrected chi connectivity index (χ0v) is 25.0. The number of β-lactam (4-membered cyclic amide) rings is 1. The number of fused-ring (bicyclic) bond motifs is 1. The summed E-state index contributed by atoms with van der Waals surface area (Å²) in [5, 5.41) is 10.6. The van der Waals surface area contributed by atoms with Crippen molar-refractivity contribution in [1.29, 1.82) is 0 Å². The van der Waals surface area contributed by atoms with Gasteiger partial charge in [0.1, 0.15) is 0 Å². The molecule has 41 heavy (non-hydrogen) atoms. The Morgan fingerprint density at radius 1 is 1.10 bits per heavy atom. The van der Waals surface area contributed by atoms with Crippen LogP contribution in [-0.4, -0.2) is 62.1 Å². The van der Waals surface area contributed by atoms with E-state index >= 15 is 0 Å². The quantitative estimate of drug-likeness (QED) is 0.0600. The highest BCUT2D eigenvalue weighted by molar-refractivity contribution is 7.87. The second-order valence-electron chi connectivity index (χ2n) is 11.3. The van der Waals surface area contributed by atoms with Gasteiger partial charge in [-0.3, -0.25) is 19.8 Å². The number of amides is 1. The molecule has 4 atom stereocenters. The highest BCUT2D eigenvalue weighted by Gasteiger charge is 2.64. The van der Waals surface area contributed by atoms with Gasteiger partial charge in [0.2, 0.25) is 5.91 Å². The molecule has 1 amide bonds. The van der Waals surface area contributed by atoms with E-state index < -0.39 is 82.2 Å². The molecule has 3 rings (SSSR count). The van der Waals surface area contributed by atoms with Crippen LogP contribution in [-0.2, 0) is 33.1 Å². The maximum absolute atomic E-state index is 13.3. The number of rotatable bonds is 8.